The van der Waals surface area contributed by atoms with Gasteiger partial charge in [-0.3, -0.25) is 9.69 Å². The molecule has 0 saturated carbocycles. The van der Waals surface area contributed by atoms with Crippen molar-refractivity contribution in [2.24, 2.45) is 0 Å². The van der Waals surface area contributed by atoms with Crippen molar-refractivity contribution in [3.63, 3.8) is 0 Å². The van der Waals surface area contributed by atoms with Gasteiger partial charge in [0.05, 0.1) is 23.9 Å². The molecule has 0 bridgehead atoms. The minimum atomic E-state index is -0.436. The molecule has 6 nitrogen and oxygen atoms in total. The molecule has 0 fully saturated rings. The number of ether oxygens (including phenoxy) is 1. The van der Waals surface area contributed by atoms with E-state index in [1.165, 1.54) is 23.8 Å². The van der Waals surface area contributed by atoms with Crippen LogP contribution in [0.5, 0.6) is 0 Å². The van der Waals surface area contributed by atoms with Gasteiger partial charge in [-0.15, -0.1) is 0 Å². The summed E-state index contributed by atoms with van der Waals surface area (Å²) in [7, 11) is 3.45. The highest BCUT2D eigenvalue weighted by molar-refractivity contribution is 6.32. The third kappa shape index (κ3) is 5.18. The van der Waals surface area contributed by atoms with Crippen molar-refractivity contribution in [1.82, 2.24) is 4.90 Å². The SMILES string of the molecule is COC(=O)c1ccc2c(c1)NC(=O)/C2=C(/C)Nc1ccc(CN(C)Cc2ccc(C)cc2)cc1. The number of rotatable bonds is 7. The number of nitrogens with one attached hydrogen (secondary N) is 2. The first-order valence-corrected chi connectivity index (χ1v) is 11.2. The zero-order valence-corrected chi connectivity index (χ0v) is 19.9. The second-order valence-electron chi connectivity index (χ2n) is 8.69. The lowest BCUT2D eigenvalue weighted by Gasteiger charge is -2.17. The normalized spacial score (nSPS) is 14.0. The van der Waals surface area contributed by atoms with Gasteiger partial charge >= 0.3 is 5.97 Å². The molecule has 0 aliphatic carbocycles. The maximum atomic E-state index is 12.6. The van der Waals surface area contributed by atoms with E-state index in [1.807, 2.05) is 19.1 Å². The number of esters is 1. The number of nitrogens with zero attached hydrogens (tertiary/aromatic N) is 1. The van der Waals surface area contributed by atoms with Gasteiger partial charge in [0.25, 0.3) is 5.91 Å². The third-order valence-corrected chi connectivity index (χ3v) is 5.87. The monoisotopic (exact) mass is 455 g/mol. The Kier molecular flexibility index (Phi) is 6.80. The van der Waals surface area contributed by atoms with Crippen LogP contribution in [0.15, 0.2) is 72.4 Å². The Morgan fingerprint density at radius 2 is 1.59 bits per heavy atom. The van der Waals surface area contributed by atoms with Crippen LogP contribution in [0.1, 0.15) is 39.5 Å². The number of carbonyl (C=O) groups excluding carboxylic acids is 2. The Labute approximate surface area is 200 Å². The van der Waals surface area contributed by atoms with Crippen LogP contribution >= 0.6 is 0 Å². The van der Waals surface area contributed by atoms with Crippen molar-refractivity contribution in [2.45, 2.75) is 26.9 Å². The summed E-state index contributed by atoms with van der Waals surface area (Å²) in [6, 6.07) is 21.9. The molecule has 0 saturated heterocycles. The minimum absolute atomic E-state index is 0.198. The Morgan fingerprint density at radius 3 is 2.21 bits per heavy atom. The van der Waals surface area contributed by atoms with Gasteiger partial charge in [0.15, 0.2) is 0 Å². The fourth-order valence-corrected chi connectivity index (χ4v) is 4.14. The highest BCUT2D eigenvalue weighted by atomic mass is 16.5. The molecule has 174 valence electrons. The Bertz CT molecular complexity index is 1240. The number of methoxy groups -OCH3 is 1. The number of hydrogen-bond acceptors (Lipinski definition) is 5. The van der Waals surface area contributed by atoms with Crippen molar-refractivity contribution >= 4 is 28.8 Å². The Balaban J connectivity index is 1.43. The fourth-order valence-electron chi connectivity index (χ4n) is 4.14. The average molecular weight is 456 g/mol. The first kappa shape index (κ1) is 23.3. The predicted octanol–water partition coefficient (Wildman–Crippen LogP) is 5.21. The first-order chi connectivity index (χ1) is 16.3. The highest BCUT2D eigenvalue weighted by Crippen LogP contribution is 2.35. The summed E-state index contributed by atoms with van der Waals surface area (Å²) in [5.74, 6) is -0.634. The van der Waals surface area contributed by atoms with Gasteiger partial charge in [0.2, 0.25) is 0 Å². The fraction of sp³-hybridized carbons (Fsp3) is 0.214. The van der Waals surface area contributed by atoms with Crippen LogP contribution in [0, 0.1) is 6.92 Å². The topological polar surface area (TPSA) is 70.7 Å². The number of fused-ring (bicyclic) bond motifs is 1. The van der Waals surface area contributed by atoms with Crippen LogP contribution in [0.2, 0.25) is 0 Å². The lowest BCUT2D eigenvalue weighted by atomic mass is 10.0. The number of carbonyl (C=O) groups is 2. The molecule has 1 aliphatic rings. The van der Waals surface area contributed by atoms with Crippen molar-refractivity contribution in [2.75, 3.05) is 24.8 Å². The molecule has 0 aromatic heterocycles. The summed E-state index contributed by atoms with van der Waals surface area (Å²) in [5.41, 5.74) is 7.75. The van der Waals surface area contributed by atoms with Gasteiger partial charge < -0.3 is 15.4 Å². The van der Waals surface area contributed by atoms with Crippen molar-refractivity contribution in [3.05, 3.63) is 100 Å². The second kappa shape index (κ2) is 9.93. The van der Waals surface area contributed by atoms with E-state index in [2.05, 4.69) is 65.9 Å². The summed E-state index contributed by atoms with van der Waals surface area (Å²) in [6.07, 6.45) is 0. The first-order valence-electron chi connectivity index (χ1n) is 11.2. The summed E-state index contributed by atoms with van der Waals surface area (Å²) >= 11 is 0. The molecule has 1 aliphatic heterocycles. The molecule has 34 heavy (non-hydrogen) atoms. The van der Waals surface area contributed by atoms with E-state index in [0.717, 1.165) is 30.0 Å². The molecule has 0 spiro atoms. The standard InChI is InChI=1S/C28H29N3O3/c1-18-5-7-20(8-6-18)16-31(3)17-21-9-12-23(13-10-21)29-19(2)26-24-14-11-22(28(33)34-4)15-25(24)30-27(26)32/h5-15,29H,16-17H2,1-4H3,(H,30,32)/b26-19-. The zero-order valence-electron chi connectivity index (χ0n) is 19.9. The summed E-state index contributed by atoms with van der Waals surface area (Å²) in [6.45, 7) is 5.70. The molecule has 3 aromatic carbocycles. The molecule has 0 atom stereocenters. The van der Waals surface area contributed by atoms with Gasteiger partial charge in [-0.2, -0.15) is 0 Å². The molecule has 1 amide bonds. The van der Waals surface area contributed by atoms with Crippen molar-refractivity contribution in [1.29, 1.82) is 0 Å². The smallest absolute Gasteiger partial charge is 0.337 e. The summed E-state index contributed by atoms with van der Waals surface area (Å²) in [4.78, 5) is 26.7. The molecular formula is C28H29N3O3. The van der Waals surface area contributed by atoms with Gasteiger partial charge in [-0.05, 0) is 56.3 Å². The molecule has 0 radical (unpaired) electrons. The van der Waals surface area contributed by atoms with Crippen LogP contribution in [-0.4, -0.2) is 30.9 Å². The number of benzene rings is 3. The number of amides is 1. The van der Waals surface area contributed by atoms with Crippen molar-refractivity contribution in [3.8, 4) is 0 Å². The molecule has 1 heterocycles. The molecule has 4 rings (SSSR count). The van der Waals surface area contributed by atoms with E-state index < -0.39 is 5.97 Å². The lowest BCUT2D eigenvalue weighted by molar-refractivity contribution is -0.110. The number of hydrogen-bond donors (Lipinski definition) is 2. The van der Waals surface area contributed by atoms with Crippen LogP contribution < -0.4 is 10.6 Å². The van der Waals surface area contributed by atoms with Crippen LogP contribution in [0.3, 0.4) is 0 Å². The van der Waals surface area contributed by atoms with Crippen LogP contribution in [-0.2, 0) is 22.6 Å². The molecule has 0 unspecified atom stereocenters. The quantitative estimate of drug-likeness (QED) is 0.378. The van der Waals surface area contributed by atoms with Gasteiger partial charge in [0.1, 0.15) is 0 Å². The predicted molar refractivity (Wildman–Crippen MR) is 135 cm³/mol. The van der Waals surface area contributed by atoms with Gasteiger partial charge in [-0.1, -0.05) is 48.0 Å². The van der Waals surface area contributed by atoms with Crippen LogP contribution in [0.4, 0.5) is 11.4 Å². The molecular weight excluding hydrogens is 426 g/mol. The number of allylic oxidation sites excluding steroid dienone is 1. The van der Waals surface area contributed by atoms with E-state index in [1.54, 1.807) is 18.2 Å². The average Bonchev–Trinajstić information content (AvgIpc) is 3.16. The van der Waals surface area contributed by atoms with Crippen molar-refractivity contribution < 1.29 is 14.3 Å². The van der Waals surface area contributed by atoms with Crippen LogP contribution in [0.25, 0.3) is 5.57 Å². The number of aryl methyl sites for hydroxylation is 1. The summed E-state index contributed by atoms with van der Waals surface area (Å²) < 4.78 is 4.76. The maximum absolute atomic E-state index is 12.6. The lowest BCUT2D eigenvalue weighted by Crippen LogP contribution is -2.17. The van der Waals surface area contributed by atoms with E-state index in [4.69, 9.17) is 4.74 Å². The Morgan fingerprint density at radius 1 is 0.971 bits per heavy atom. The zero-order chi connectivity index (χ0) is 24.2. The largest absolute Gasteiger partial charge is 0.465 e. The molecule has 2 N–H and O–H groups in total. The highest BCUT2D eigenvalue weighted by Gasteiger charge is 2.27. The Hall–Kier alpha value is -3.90. The van der Waals surface area contributed by atoms with E-state index in [-0.39, 0.29) is 5.91 Å². The summed E-state index contributed by atoms with van der Waals surface area (Å²) in [5, 5.41) is 6.18. The minimum Gasteiger partial charge on any atom is -0.465 e. The molecule has 3 aromatic rings. The second-order valence-corrected chi connectivity index (χ2v) is 8.69. The van der Waals surface area contributed by atoms with E-state index in [0.29, 0.717) is 16.8 Å². The van der Waals surface area contributed by atoms with E-state index in [9.17, 15) is 9.59 Å². The maximum Gasteiger partial charge on any atom is 0.337 e. The van der Waals surface area contributed by atoms with Gasteiger partial charge in [0, 0.05) is 30.0 Å². The third-order valence-electron chi connectivity index (χ3n) is 5.87. The van der Waals surface area contributed by atoms with Gasteiger partial charge in [-0.25, -0.2) is 4.79 Å². The number of anilines is 2. The molecule has 6 heteroatoms. The van der Waals surface area contributed by atoms with E-state index >= 15 is 0 Å².